The summed E-state index contributed by atoms with van der Waals surface area (Å²) >= 11 is 2.47. The lowest BCUT2D eigenvalue weighted by atomic mass is 10.1. The van der Waals surface area contributed by atoms with Gasteiger partial charge >= 0.3 is 5.97 Å². The first kappa shape index (κ1) is 14.6. The van der Waals surface area contributed by atoms with Crippen molar-refractivity contribution in [3.63, 3.8) is 0 Å². The summed E-state index contributed by atoms with van der Waals surface area (Å²) in [6.45, 7) is 2.52. The van der Waals surface area contributed by atoms with Crippen LogP contribution in [0.3, 0.4) is 0 Å². The van der Waals surface area contributed by atoms with E-state index in [1.807, 2.05) is 12.3 Å². The van der Waals surface area contributed by atoms with Crippen LogP contribution in [0.25, 0.3) is 10.2 Å². The molecule has 3 rings (SSSR count). The van der Waals surface area contributed by atoms with Gasteiger partial charge in [0.1, 0.15) is 4.83 Å². The first-order chi connectivity index (χ1) is 10.1. The standard InChI is InChI=1S/C13H14N2O4S2/c1-7-9(2-4-19-7)15-12(18)8-3-5-20-11(8)14-13(15)21-6-10(16)17/h3,5,7,9H,2,4,6H2,1H3,(H,16,17). The van der Waals surface area contributed by atoms with Crippen molar-refractivity contribution in [1.82, 2.24) is 9.55 Å². The number of aromatic nitrogens is 2. The Balaban J connectivity index is 2.13. The van der Waals surface area contributed by atoms with Crippen molar-refractivity contribution >= 4 is 39.3 Å². The summed E-state index contributed by atoms with van der Waals surface area (Å²) in [6.07, 6.45) is 0.656. The SMILES string of the molecule is CC1OCCC1n1c(SCC(=O)O)nc2sccc2c1=O. The van der Waals surface area contributed by atoms with Crippen LogP contribution in [0.4, 0.5) is 0 Å². The molecule has 2 aromatic heterocycles. The first-order valence-corrected chi connectivity index (χ1v) is 8.40. The van der Waals surface area contributed by atoms with Crippen LogP contribution in [0.15, 0.2) is 21.4 Å². The van der Waals surface area contributed by atoms with Crippen molar-refractivity contribution < 1.29 is 14.6 Å². The fourth-order valence-electron chi connectivity index (χ4n) is 2.49. The van der Waals surface area contributed by atoms with Crippen molar-refractivity contribution in [2.75, 3.05) is 12.4 Å². The minimum Gasteiger partial charge on any atom is -0.481 e. The Kier molecular flexibility index (Phi) is 4.01. The van der Waals surface area contributed by atoms with Gasteiger partial charge in [0, 0.05) is 6.61 Å². The third-order valence-corrected chi connectivity index (χ3v) is 5.23. The van der Waals surface area contributed by atoms with Gasteiger partial charge in [-0.15, -0.1) is 11.3 Å². The van der Waals surface area contributed by atoms with Crippen molar-refractivity contribution in [3.8, 4) is 0 Å². The Morgan fingerprint density at radius 3 is 3.14 bits per heavy atom. The molecule has 1 saturated heterocycles. The molecular formula is C13H14N2O4S2. The van der Waals surface area contributed by atoms with E-state index in [2.05, 4.69) is 4.98 Å². The van der Waals surface area contributed by atoms with Crippen LogP contribution in [-0.2, 0) is 9.53 Å². The molecule has 0 saturated carbocycles. The number of hydrogen-bond acceptors (Lipinski definition) is 6. The molecule has 3 heterocycles. The molecule has 2 aromatic rings. The minimum atomic E-state index is -0.928. The van der Waals surface area contributed by atoms with Crippen LogP contribution < -0.4 is 5.56 Å². The number of carboxylic acids is 1. The summed E-state index contributed by atoms with van der Waals surface area (Å²) < 4.78 is 7.15. The Morgan fingerprint density at radius 2 is 2.48 bits per heavy atom. The molecule has 1 N–H and O–H groups in total. The third-order valence-electron chi connectivity index (χ3n) is 3.49. The van der Waals surface area contributed by atoms with Crippen molar-refractivity contribution in [2.24, 2.45) is 0 Å². The number of ether oxygens (including phenoxy) is 1. The molecular weight excluding hydrogens is 312 g/mol. The zero-order chi connectivity index (χ0) is 15.0. The van der Waals surface area contributed by atoms with E-state index in [4.69, 9.17) is 9.84 Å². The maximum Gasteiger partial charge on any atom is 0.313 e. The molecule has 0 aliphatic carbocycles. The van der Waals surface area contributed by atoms with Gasteiger partial charge in [-0.2, -0.15) is 0 Å². The maximum atomic E-state index is 12.7. The largest absolute Gasteiger partial charge is 0.481 e. The van der Waals surface area contributed by atoms with E-state index in [9.17, 15) is 9.59 Å². The molecule has 6 nitrogen and oxygen atoms in total. The number of nitrogens with zero attached hydrogens (tertiary/aromatic N) is 2. The van der Waals surface area contributed by atoms with Crippen LogP contribution in [0.2, 0.25) is 0 Å². The zero-order valence-corrected chi connectivity index (χ0v) is 12.9. The number of thiophene rings is 1. The van der Waals surface area contributed by atoms with Crippen LogP contribution in [-0.4, -0.2) is 39.1 Å². The molecule has 0 amide bonds. The van der Waals surface area contributed by atoms with Crippen molar-refractivity contribution in [3.05, 3.63) is 21.8 Å². The molecule has 8 heteroatoms. The van der Waals surface area contributed by atoms with Gasteiger partial charge in [0.2, 0.25) is 0 Å². The number of hydrogen-bond donors (Lipinski definition) is 1. The fraction of sp³-hybridized carbons (Fsp3) is 0.462. The predicted octanol–water partition coefficient (Wildman–Crippen LogP) is 1.98. The van der Waals surface area contributed by atoms with Gasteiger partial charge in [0.25, 0.3) is 5.56 Å². The molecule has 0 aromatic carbocycles. The first-order valence-electron chi connectivity index (χ1n) is 6.54. The summed E-state index contributed by atoms with van der Waals surface area (Å²) in [5, 5.41) is 11.7. The van der Waals surface area contributed by atoms with Gasteiger partial charge in [0.05, 0.1) is 23.3 Å². The van der Waals surface area contributed by atoms with Gasteiger partial charge in [-0.3, -0.25) is 14.2 Å². The average molecular weight is 326 g/mol. The van der Waals surface area contributed by atoms with E-state index in [0.717, 1.165) is 18.2 Å². The highest BCUT2D eigenvalue weighted by atomic mass is 32.2. The fourth-order valence-corrected chi connectivity index (χ4v) is 4.07. The van der Waals surface area contributed by atoms with Crippen LogP contribution in [0.1, 0.15) is 19.4 Å². The predicted molar refractivity (Wildman–Crippen MR) is 81.3 cm³/mol. The lowest BCUT2D eigenvalue weighted by molar-refractivity contribution is -0.133. The molecule has 0 bridgehead atoms. The highest BCUT2D eigenvalue weighted by Crippen LogP contribution is 2.30. The summed E-state index contributed by atoms with van der Waals surface area (Å²) in [7, 11) is 0. The Labute approximate surface area is 128 Å². The zero-order valence-electron chi connectivity index (χ0n) is 11.3. The van der Waals surface area contributed by atoms with E-state index in [1.165, 1.54) is 11.3 Å². The molecule has 0 radical (unpaired) electrons. The monoisotopic (exact) mass is 326 g/mol. The maximum absolute atomic E-state index is 12.7. The van der Waals surface area contributed by atoms with Gasteiger partial charge in [-0.1, -0.05) is 11.8 Å². The van der Waals surface area contributed by atoms with Gasteiger partial charge in [0.15, 0.2) is 5.16 Å². The molecule has 1 aliphatic heterocycles. The number of fused-ring (bicyclic) bond motifs is 1. The number of carbonyl (C=O) groups is 1. The molecule has 112 valence electrons. The molecule has 21 heavy (non-hydrogen) atoms. The van der Waals surface area contributed by atoms with Gasteiger partial charge in [-0.05, 0) is 24.8 Å². The van der Waals surface area contributed by atoms with E-state index in [-0.39, 0.29) is 23.5 Å². The molecule has 2 unspecified atom stereocenters. The number of thioether (sulfide) groups is 1. The Bertz CT molecular complexity index is 739. The van der Waals surface area contributed by atoms with Gasteiger partial charge in [-0.25, -0.2) is 4.98 Å². The quantitative estimate of drug-likeness (QED) is 0.683. The van der Waals surface area contributed by atoms with Gasteiger partial charge < -0.3 is 9.84 Å². The van der Waals surface area contributed by atoms with E-state index in [0.29, 0.717) is 22.0 Å². The van der Waals surface area contributed by atoms with Crippen molar-refractivity contribution in [1.29, 1.82) is 0 Å². The van der Waals surface area contributed by atoms with E-state index >= 15 is 0 Å². The highest BCUT2D eigenvalue weighted by molar-refractivity contribution is 7.99. The molecule has 1 fully saturated rings. The summed E-state index contributed by atoms with van der Waals surface area (Å²) in [6, 6.07) is 1.67. The van der Waals surface area contributed by atoms with Crippen molar-refractivity contribution in [2.45, 2.75) is 30.6 Å². The number of rotatable bonds is 4. The Morgan fingerprint density at radius 1 is 1.67 bits per heavy atom. The summed E-state index contributed by atoms with van der Waals surface area (Å²) in [5.41, 5.74) is -0.114. The molecule has 1 aliphatic rings. The van der Waals surface area contributed by atoms with Crippen LogP contribution in [0.5, 0.6) is 0 Å². The second-order valence-electron chi connectivity index (χ2n) is 4.82. The Hall–Kier alpha value is -1.38. The summed E-state index contributed by atoms with van der Waals surface area (Å²) in [5.74, 6) is -1.05. The second kappa shape index (κ2) is 5.78. The minimum absolute atomic E-state index is 0.0789. The number of aliphatic carboxylic acids is 1. The highest BCUT2D eigenvalue weighted by Gasteiger charge is 2.30. The van der Waals surface area contributed by atoms with Crippen LogP contribution >= 0.6 is 23.1 Å². The normalized spacial score (nSPS) is 22.0. The lowest BCUT2D eigenvalue weighted by Crippen LogP contribution is -2.30. The van der Waals surface area contributed by atoms with E-state index in [1.54, 1.807) is 10.6 Å². The summed E-state index contributed by atoms with van der Waals surface area (Å²) in [4.78, 5) is 28.6. The molecule has 0 spiro atoms. The molecule has 2 atom stereocenters. The number of carboxylic acid groups (broad SMARTS) is 1. The second-order valence-corrected chi connectivity index (χ2v) is 6.66. The smallest absolute Gasteiger partial charge is 0.313 e. The average Bonchev–Trinajstić information content (AvgIpc) is 3.05. The topological polar surface area (TPSA) is 81.4 Å². The van der Waals surface area contributed by atoms with E-state index < -0.39 is 5.97 Å². The third kappa shape index (κ3) is 2.70. The lowest BCUT2D eigenvalue weighted by Gasteiger charge is -2.20. The van der Waals surface area contributed by atoms with Crippen LogP contribution in [0, 0.1) is 0 Å².